The molecule has 0 saturated heterocycles. The lowest BCUT2D eigenvalue weighted by molar-refractivity contribution is -0.0276. The fourth-order valence-corrected chi connectivity index (χ4v) is 9.55. The summed E-state index contributed by atoms with van der Waals surface area (Å²) in [4.78, 5) is 0. The van der Waals surface area contributed by atoms with Crippen LogP contribution in [0.5, 0.6) is 0 Å². The van der Waals surface area contributed by atoms with Crippen molar-refractivity contribution in [2.75, 3.05) is 5.75 Å². The molecule has 2 unspecified atom stereocenters. The second-order valence-electron chi connectivity index (χ2n) is 10.3. The van der Waals surface area contributed by atoms with Crippen molar-refractivity contribution in [1.82, 2.24) is 0 Å². The molecule has 27 heavy (non-hydrogen) atoms. The molecule has 0 spiro atoms. The standard InChI is InChI=1S/C25H38OS/c1-5-7-18-12-14-24(3)19(17-18)8-9-20-21-10-11-23(27(26)16-6-2)25(21,4)15-13-22(20)24/h5-6,8,18,20-23H,1-2,7,9-17H2,3-4H3/t18?,20-,21-,22-,23-,24-,25-,27?/m0/s1. The highest BCUT2D eigenvalue weighted by Gasteiger charge is 2.61. The maximum absolute atomic E-state index is 12.9. The Bertz CT molecular complexity index is 624. The van der Waals surface area contributed by atoms with Crippen molar-refractivity contribution in [3.63, 3.8) is 0 Å². The SMILES string of the molecule is C=CCC1CC[C@@]2(C)C(=CC[C@H]3[C@@H]4CC[C@H]([S+]([O-])CC=C)[C@@]4(C)CC[C@@H]32)C1. The van der Waals surface area contributed by atoms with Crippen LogP contribution >= 0.6 is 0 Å². The quantitative estimate of drug-likeness (QED) is 0.393. The average Bonchev–Trinajstić information content (AvgIpc) is 3.00. The van der Waals surface area contributed by atoms with Crippen LogP contribution in [-0.4, -0.2) is 15.6 Å². The van der Waals surface area contributed by atoms with Crippen molar-refractivity contribution in [3.05, 3.63) is 37.0 Å². The van der Waals surface area contributed by atoms with E-state index in [1.807, 2.05) is 6.08 Å². The van der Waals surface area contributed by atoms with Gasteiger partial charge in [-0.3, -0.25) is 0 Å². The molecule has 4 aliphatic carbocycles. The normalized spacial score (nSPS) is 47.2. The molecule has 4 rings (SSSR count). The van der Waals surface area contributed by atoms with Gasteiger partial charge in [0.2, 0.25) is 0 Å². The first kappa shape index (κ1) is 19.8. The van der Waals surface area contributed by atoms with Crippen LogP contribution in [-0.2, 0) is 11.2 Å². The number of hydrogen-bond donors (Lipinski definition) is 0. The lowest BCUT2D eigenvalue weighted by Crippen LogP contribution is -2.52. The summed E-state index contributed by atoms with van der Waals surface area (Å²) < 4.78 is 12.9. The molecule has 0 heterocycles. The summed E-state index contributed by atoms with van der Waals surface area (Å²) in [5.41, 5.74) is 2.49. The van der Waals surface area contributed by atoms with Gasteiger partial charge >= 0.3 is 0 Å². The summed E-state index contributed by atoms with van der Waals surface area (Å²) in [6.07, 6.45) is 18.2. The van der Waals surface area contributed by atoms with Gasteiger partial charge in [0.1, 0.15) is 11.0 Å². The van der Waals surface area contributed by atoms with Gasteiger partial charge in [0.25, 0.3) is 0 Å². The molecule has 3 saturated carbocycles. The zero-order valence-electron chi connectivity index (χ0n) is 17.4. The molecule has 1 nitrogen and oxygen atoms in total. The Balaban J connectivity index is 1.57. The summed E-state index contributed by atoms with van der Waals surface area (Å²) in [5, 5.41) is 0.392. The summed E-state index contributed by atoms with van der Waals surface area (Å²) in [6, 6.07) is 0. The highest BCUT2D eigenvalue weighted by atomic mass is 32.2. The van der Waals surface area contributed by atoms with E-state index in [0.717, 1.165) is 23.7 Å². The molecule has 0 aromatic carbocycles. The minimum absolute atomic E-state index is 0.288. The van der Waals surface area contributed by atoms with Gasteiger partial charge in [0.05, 0.1) is 0 Å². The van der Waals surface area contributed by atoms with Crippen LogP contribution in [0.15, 0.2) is 37.0 Å². The Hall–Kier alpha value is -0.470. The first-order valence-electron chi connectivity index (χ1n) is 11.2. The predicted molar refractivity (Wildman–Crippen MR) is 117 cm³/mol. The molecule has 0 N–H and O–H groups in total. The van der Waals surface area contributed by atoms with Crippen LogP contribution in [0.4, 0.5) is 0 Å². The number of allylic oxidation sites excluding steroid dienone is 3. The molecule has 0 amide bonds. The minimum Gasteiger partial charge on any atom is -0.616 e. The molecule has 3 fully saturated rings. The monoisotopic (exact) mass is 386 g/mol. The zero-order chi connectivity index (χ0) is 19.2. The van der Waals surface area contributed by atoms with Crippen LogP contribution in [0.2, 0.25) is 0 Å². The van der Waals surface area contributed by atoms with E-state index in [0.29, 0.717) is 16.4 Å². The summed E-state index contributed by atoms with van der Waals surface area (Å²) in [6.45, 7) is 12.9. The Kier molecular flexibility index (Phi) is 5.44. The largest absolute Gasteiger partial charge is 0.616 e. The highest BCUT2D eigenvalue weighted by molar-refractivity contribution is 7.92. The molecule has 0 radical (unpaired) electrons. The first-order chi connectivity index (χ1) is 12.9. The average molecular weight is 387 g/mol. The third-order valence-electron chi connectivity index (χ3n) is 9.22. The maximum Gasteiger partial charge on any atom is 0.123 e. The Labute approximate surface area is 170 Å². The summed E-state index contributed by atoms with van der Waals surface area (Å²) in [5.74, 6) is 3.94. The van der Waals surface area contributed by atoms with Crippen molar-refractivity contribution in [2.45, 2.75) is 76.9 Å². The number of fused-ring (bicyclic) bond motifs is 5. The number of rotatable bonds is 5. The van der Waals surface area contributed by atoms with Crippen molar-refractivity contribution in [2.24, 2.45) is 34.5 Å². The van der Waals surface area contributed by atoms with Gasteiger partial charge in [-0.25, -0.2) is 0 Å². The minimum atomic E-state index is -0.734. The molecule has 0 aromatic heterocycles. The molecular weight excluding hydrogens is 348 g/mol. The van der Waals surface area contributed by atoms with Crippen molar-refractivity contribution < 1.29 is 4.55 Å². The van der Waals surface area contributed by atoms with Crippen LogP contribution in [0.25, 0.3) is 0 Å². The highest BCUT2D eigenvalue weighted by Crippen LogP contribution is 2.66. The molecule has 0 bridgehead atoms. The van der Waals surface area contributed by atoms with Crippen molar-refractivity contribution >= 4 is 11.2 Å². The molecule has 0 aromatic rings. The van der Waals surface area contributed by atoms with Crippen molar-refractivity contribution in [1.29, 1.82) is 0 Å². The molecular formula is C25H38OS. The van der Waals surface area contributed by atoms with E-state index in [4.69, 9.17) is 0 Å². The fourth-order valence-electron chi connectivity index (χ4n) is 7.79. The van der Waals surface area contributed by atoms with Gasteiger partial charge in [-0.2, -0.15) is 0 Å². The van der Waals surface area contributed by atoms with E-state index in [2.05, 4.69) is 39.2 Å². The van der Waals surface area contributed by atoms with Crippen molar-refractivity contribution in [3.8, 4) is 0 Å². The Morgan fingerprint density at radius 2 is 1.93 bits per heavy atom. The molecule has 150 valence electrons. The van der Waals surface area contributed by atoms with Gasteiger partial charge in [0.15, 0.2) is 0 Å². The van der Waals surface area contributed by atoms with Gasteiger partial charge in [-0.15, -0.1) is 6.58 Å². The second-order valence-corrected chi connectivity index (χ2v) is 12.0. The van der Waals surface area contributed by atoms with E-state index >= 15 is 0 Å². The van der Waals surface area contributed by atoms with Crippen LogP contribution in [0.1, 0.15) is 71.6 Å². The summed E-state index contributed by atoms with van der Waals surface area (Å²) in [7, 11) is 0. The second kappa shape index (κ2) is 7.41. The fraction of sp³-hybridized carbons (Fsp3) is 0.760. The molecule has 8 atom stereocenters. The zero-order valence-corrected chi connectivity index (χ0v) is 18.2. The first-order valence-corrected chi connectivity index (χ1v) is 12.6. The Morgan fingerprint density at radius 3 is 2.67 bits per heavy atom. The van der Waals surface area contributed by atoms with E-state index in [9.17, 15) is 4.55 Å². The van der Waals surface area contributed by atoms with Gasteiger partial charge in [-0.05, 0) is 104 Å². The number of hydrogen-bond acceptors (Lipinski definition) is 1. The lowest BCUT2D eigenvalue weighted by atomic mass is 9.47. The summed E-state index contributed by atoms with van der Waals surface area (Å²) >= 11 is -0.734. The van der Waals surface area contributed by atoms with Gasteiger partial charge in [0, 0.05) is 5.41 Å². The third-order valence-corrected chi connectivity index (χ3v) is 11.2. The maximum atomic E-state index is 12.9. The van der Waals surface area contributed by atoms with Crippen LogP contribution in [0, 0.1) is 34.5 Å². The van der Waals surface area contributed by atoms with Gasteiger partial charge in [-0.1, -0.05) is 38.2 Å². The van der Waals surface area contributed by atoms with E-state index in [1.54, 1.807) is 5.57 Å². The smallest absolute Gasteiger partial charge is 0.123 e. The molecule has 4 aliphatic rings. The predicted octanol–water partition coefficient (Wildman–Crippen LogP) is 6.44. The third kappa shape index (κ3) is 3.10. The van der Waals surface area contributed by atoms with E-state index < -0.39 is 11.2 Å². The Morgan fingerprint density at radius 1 is 1.11 bits per heavy atom. The van der Waals surface area contributed by atoms with Crippen LogP contribution < -0.4 is 0 Å². The topological polar surface area (TPSA) is 23.1 Å². The lowest BCUT2D eigenvalue weighted by Gasteiger charge is -2.58. The van der Waals surface area contributed by atoms with E-state index in [1.165, 1.54) is 57.8 Å². The molecule has 2 heteroatoms. The van der Waals surface area contributed by atoms with Crippen LogP contribution in [0.3, 0.4) is 0 Å². The van der Waals surface area contributed by atoms with Gasteiger partial charge < -0.3 is 4.55 Å². The van der Waals surface area contributed by atoms with E-state index in [-0.39, 0.29) is 5.41 Å². The molecule has 0 aliphatic heterocycles.